The first kappa shape index (κ1) is 16.1. The van der Waals surface area contributed by atoms with E-state index in [9.17, 15) is 4.79 Å². The number of hydrogen-bond acceptors (Lipinski definition) is 4. The third-order valence-corrected chi connectivity index (χ3v) is 4.65. The van der Waals surface area contributed by atoms with Crippen LogP contribution >= 0.6 is 0 Å². The number of carbonyl (C=O) groups excluding carboxylic acids is 1. The molecule has 1 aromatic carbocycles. The third kappa shape index (κ3) is 3.11. The second-order valence-corrected chi connectivity index (χ2v) is 6.09. The normalized spacial score (nSPS) is 15.1. The third-order valence-electron chi connectivity index (χ3n) is 4.65. The fraction of sp³-hybridized carbons (Fsp3) is 0.389. The van der Waals surface area contributed by atoms with Crippen molar-refractivity contribution < 1.29 is 4.79 Å². The summed E-state index contributed by atoms with van der Waals surface area (Å²) in [5.41, 5.74) is 2.54. The molecule has 2 aromatic rings. The number of carbonyl (C=O) groups is 1. The van der Waals surface area contributed by atoms with Gasteiger partial charge in [-0.25, -0.2) is 0 Å². The number of piperidine rings is 1. The summed E-state index contributed by atoms with van der Waals surface area (Å²) < 4.78 is 1.63. The molecule has 1 amide bonds. The van der Waals surface area contributed by atoms with Gasteiger partial charge in [0, 0.05) is 33.3 Å². The van der Waals surface area contributed by atoms with E-state index in [4.69, 9.17) is 5.26 Å². The van der Waals surface area contributed by atoms with Crippen molar-refractivity contribution in [3.8, 4) is 6.07 Å². The smallest absolute Gasteiger partial charge is 0.272 e. The van der Waals surface area contributed by atoms with Gasteiger partial charge in [0.2, 0.25) is 0 Å². The first-order valence-electron chi connectivity index (χ1n) is 8.13. The first-order valence-corrected chi connectivity index (χ1v) is 8.13. The van der Waals surface area contributed by atoms with Crippen LogP contribution in [0.5, 0.6) is 0 Å². The molecule has 6 nitrogen and oxygen atoms in total. The highest BCUT2D eigenvalue weighted by atomic mass is 16.2. The Balaban J connectivity index is 1.64. The summed E-state index contributed by atoms with van der Waals surface area (Å²) in [6.45, 7) is 1.48. The minimum Gasteiger partial charge on any atom is -0.372 e. The number of hydrogen-bond donors (Lipinski definition) is 1. The Morgan fingerprint density at radius 3 is 2.50 bits per heavy atom. The molecule has 0 spiro atoms. The van der Waals surface area contributed by atoms with Crippen molar-refractivity contribution in [1.29, 1.82) is 5.26 Å². The maximum Gasteiger partial charge on any atom is 0.272 e. The van der Waals surface area contributed by atoms with Gasteiger partial charge in [-0.3, -0.25) is 9.48 Å². The molecule has 1 saturated heterocycles. The topological polar surface area (TPSA) is 74.0 Å². The highest BCUT2D eigenvalue weighted by Crippen LogP contribution is 2.29. The van der Waals surface area contributed by atoms with Crippen molar-refractivity contribution in [3.63, 3.8) is 0 Å². The molecule has 0 aliphatic carbocycles. The van der Waals surface area contributed by atoms with Crippen LogP contribution in [-0.2, 0) is 7.05 Å². The molecular weight excluding hydrogens is 302 g/mol. The molecular formula is C18H21N5O. The minimum absolute atomic E-state index is 0.0322. The van der Waals surface area contributed by atoms with E-state index in [2.05, 4.69) is 16.5 Å². The summed E-state index contributed by atoms with van der Waals surface area (Å²) in [5, 5.41) is 16.1. The number of likely N-dealkylation sites (tertiary alicyclic amines) is 1. The largest absolute Gasteiger partial charge is 0.372 e. The number of anilines is 1. The second-order valence-electron chi connectivity index (χ2n) is 6.09. The van der Waals surface area contributed by atoms with Crippen LogP contribution in [0.4, 0.5) is 5.82 Å². The van der Waals surface area contributed by atoms with Gasteiger partial charge in [-0.15, -0.1) is 0 Å². The van der Waals surface area contributed by atoms with Crippen LogP contribution in [0.15, 0.2) is 30.3 Å². The lowest BCUT2D eigenvalue weighted by molar-refractivity contribution is 0.0702. The van der Waals surface area contributed by atoms with Gasteiger partial charge in [-0.1, -0.05) is 12.1 Å². The molecule has 1 N–H and O–H groups in total. The molecule has 24 heavy (non-hydrogen) atoms. The number of nitrogens with zero attached hydrogens (tertiary/aromatic N) is 4. The lowest BCUT2D eigenvalue weighted by atomic mass is 9.89. The van der Waals surface area contributed by atoms with Gasteiger partial charge in [-0.2, -0.15) is 10.4 Å². The average Bonchev–Trinajstić information content (AvgIpc) is 3.02. The van der Waals surface area contributed by atoms with Gasteiger partial charge in [0.1, 0.15) is 11.5 Å². The van der Waals surface area contributed by atoms with Crippen molar-refractivity contribution in [2.24, 2.45) is 7.05 Å². The molecule has 1 aliphatic heterocycles. The number of aromatic nitrogens is 2. The van der Waals surface area contributed by atoms with E-state index in [0.29, 0.717) is 23.0 Å². The van der Waals surface area contributed by atoms with Gasteiger partial charge in [-0.05, 0) is 36.5 Å². The minimum atomic E-state index is 0.0322. The summed E-state index contributed by atoms with van der Waals surface area (Å²) >= 11 is 0. The van der Waals surface area contributed by atoms with Crippen molar-refractivity contribution in [2.75, 3.05) is 25.5 Å². The Hall–Kier alpha value is -2.81. The van der Waals surface area contributed by atoms with Gasteiger partial charge in [0.05, 0.1) is 11.6 Å². The van der Waals surface area contributed by atoms with Crippen LogP contribution < -0.4 is 5.32 Å². The molecule has 0 bridgehead atoms. The molecule has 1 aliphatic rings. The predicted octanol–water partition coefficient (Wildman–Crippen LogP) is 2.35. The summed E-state index contributed by atoms with van der Waals surface area (Å²) in [5.74, 6) is 1.18. The van der Waals surface area contributed by atoms with Crippen molar-refractivity contribution >= 4 is 11.7 Å². The molecule has 124 valence electrons. The quantitative estimate of drug-likeness (QED) is 0.941. The number of nitrogens with one attached hydrogen (secondary N) is 1. The predicted molar refractivity (Wildman–Crippen MR) is 91.8 cm³/mol. The van der Waals surface area contributed by atoms with Crippen LogP contribution in [0.2, 0.25) is 0 Å². The van der Waals surface area contributed by atoms with E-state index in [-0.39, 0.29) is 5.91 Å². The van der Waals surface area contributed by atoms with Gasteiger partial charge >= 0.3 is 0 Å². The van der Waals surface area contributed by atoms with E-state index in [1.54, 1.807) is 24.8 Å². The lowest BCUT2D eigenvalue weighted by Gasteiger charge is -2.32. The SMILES string of the molecule is CNc1cc(C(=O)N2CCC(c3ccc(C#N)cc3)CC2)n(C)n1. The maximum absolute atomic E-state index is 12.7. The van der Waals surface area contributed by atoms with E-state index in [1.165, 1.54) is 5.56 Å². The van der Waals surface area contributed by atoms with Crippen molar-refractivity contribution in [1.82, 2.24) is 14.7 Å². The summed E-state index contributed by atoms with van der Waals surface area (Å²) in [6, 6.07) is 11.7. The van der Waals surface area contributed by atoms with E-state index < -0.39 is 0 Å². The Morgan fingerprint density at radius 2 is 1.96 bits per heavy atom. The van der Waals surface area contributed by atoms with Crippen LogP contribution in [0.1, 0.15) is 40.4 Å². The zero-order valence-corrected chi connectivity index (χ0v) is 14.0. The molecule has 0 radical (unpaired) electrons. The summed E-state index contributed by atoms with van der Waals surface area (Å²) in [7, 11) is 3.58. The Morgan fingerprint density at radius 1 is 1.29 bits per heavy atom. The first-order chi connectivity index (χ1) is 11.6. The lowest BCUT2D eigenvalue weighted by Crippen LogP contribution is -2.38. The molecule has 0 saturated carbocycles. The standard InChI is InChI=1S/C18H21N5O/c1-20-17-11-16(22(2)21-17)18(24)23-9-7-15(8-10-23)14-5-3-13(12-19)4-6-14/h3-6,11,15H,7-10H2,1-2H3,(H,20,21). The Labute approximate surface area is 141 Å². The van der Waals surface area contributed by atoms with Gasteiger partial charge in [0.25, 0.3) is 5.91 Å². The maximum atomic E-state index is 12.7. The second kappa shape index (κ2) is 6.75. The molecule has 3 rings (SSSR count). The summed E-state index contributed by atoms with van der Waals surface area (Å²) in [6.07, 6.45) is 1.88. The van der Waals surface area contributed by atoms with E-state index >= 15 is 0 Å². The van der Waals surface area contributed by atoms with Crippen molar-refractivity contribution in [2.45, 2.75) is 18.8 Å². The fourth-order valence-corrected chi connectivity index (χ4v) is 3.20. The number of benzene rings is 1. The van der Waals surface area contributed by atoms with Crippen LogP contribution in [0, 0.1) is 11.3 Å². The highest BCUT2D eigenvalue weighted by Gasteiger charge is 2.26. The zero-order chi connectivity index (χ0) is 17.1. The number of aryl methyl sites for hydroxylation is 1. The fourth-order valence-electron chi connectivity index (χ4n) is 3.20. The van der Waals surface area contributed by atoms with E-state index in [0.717, 1.165) is 25.9 Å². The number of rotatable bonds is 3. The van der Waals surface area contributed by atoms with Crippen LogP contribution in [0.25, 0.3) is 0 Å². The summed E-state index contributed by atoms with van der Waals surface area (Å²) in [4.78, 5) is 14.6. The van der Waals surface area contributed by atoms with Gasteiger partial charge in [0.15, 0.2) is 0 Å². The molecule has 0 atom stereocenters. The molecule has 0 unspecified atom stereocenters. The molecule has 6 heteroatoms. The Kier molecular flexibility index (Phi) is 4.52. The molecule has 1 fully saturated rings. The number of amides is 1. The zero-order valence-electron chi connectivity index (χ0n) is 14.0. The van der Waals surface area contributed by atoms with Crippen LogP contribution in [-0.4, -0.2) is 40.7 Å². The average molecular weight is 323 g/mol. The molecule has 2 heterocycles. The van der Waals surface area contributed by atoms with Crippen LogP contribution in [0.3, 0.4) is 0 Å². The van der Waals surface area contributed by atoms with Gasteiger partial charge < -0.3 is 10.2 Å². The van der Waals surface area contributed by atoms with E-state index in [1.807, 2.05) is 29.2 Å². The molecule has 1 aromatic heterocycles. The number of nitriles is 1. The monoisotopic (exact) mass is 323 g/mol. The van der Waals surface area contributed by atoms with Crippen molar-refractivity contribution in [3.05, 3.63) is 47.2 Å². The highest BCUT2D eigenvalue weighted by molar-refractivity contribution is 5.93. The Bertz CT molecular complexity index is 764.